The maximum Gasteiger partial charge on any atom is 0.331 e. The van der Waals surface area contributed by atoms with Crippen molar-refractivity contribution < 1.29 is 57.8 Å². The van der Waals surface area contributed by atoms with Crippen LogP contribution in [0.4, 0.5) is 0 Å². The van der Waals surface area contributed by atoms with E-state index in [1.807, 2.05) is 41.5 Å². The van der Waals surface area contributed by atoms with E-state index in [0.717, 1.165) is 0 Å². The van der Waals surface area contributed by atoms with Crippen LogP contribution in [0.1, 0.15) is 167 Å². The van der Waals surface area contributed by atoms with Crippen LogP contribution >= 0.6 is 0 Å². The number of esters is 1. The van der Waals surface area contributed by atoms with Gasteiger partial charge >= 0.3 is 5.97 Å². The number of Topliss-reactive ketones (excluding diaryl/α,β-unsaturated/α-hetero) is 5. The average molecular weight is 1050 g/mol. The average Bonchev–Trinajstić information content (AvgIpc) is 3.32. The first kappa shape index (κ1) is 67.6. The quantitative estimate of drug-likeness (QED) is 0.0964. The lowest BCUT2D eigenvalue weighted by Gasteiger charge is -2.29. The summed E-state index contributed by atoms with van der Waals surface area (Å²) in [7, 11) is 0. The Labute approximate surface area is 441 Å². The monoisotopic (exact) mass is 1050 g/mol. The molecule has 1 rings (SSSR count). The molecule has 424 valence electrons. The number of ketones is 5. The molecular formula is C55H97N7O12. The van der Waals surface area contributed by atoms with Crippen molar-refractivity contribution >= 4 is 58.5 Å². The number of carbonyl (C=O) groups excluding carboxylic acids is 10. The van der Waals surface area contributed by atoms with E-state index in [1.54, 1.807) is 41.5 Å². The number of ether oxygens (including phenoxy) is 1. The Morgan fingerprint density at radius 2 is 0.838 bits per heavy atom. The fourth-order valence-corrected chi connectivity index (χ4v) is 9.58. The van der Waals surface area contributed by atoms with Crippen LogP contribution in [0.2, 0.25) is 0 Å². The van der Waals surface area contributed by atoms with Crippen molar-refractivity contribution in [3.05, 3.63) is 0 Å². The van der Waals surface area contributed by atoms with E-state index in [-0.39, 0.29) is 113 Å². The van der Waals surface area contributed by atoms with Crippen molar-refractivity contribution in [1.29, 1.82) is 0 Å². The van der Waals surface area contributed by atoms with Crippen LogP contribution in [0.3, 0.4) is 0 Å². The normalized spacial score (nSPS) is 28.1. The van der Waals surface area contributed by atoms with Crippen molar-refractivity contribution in [3.63, 3.8) is 0 Å². The summed E-state index contributed by atoms with van der Waals surface area (Å²) in [5.74, 6) is -12.2. The van der Waals surface area contributed by atoms with E-state index in [4.69, 9.17) is 21.9 Å². The van der Waals surface area contributed by atoms with Crippen molar-refractivity contribution in [2.75, 3.05) is 26.2 Å². The first-order chi connectivity index (χ1) is 34.7. The maximum absolute atomic E-state index is 14.4. The van der Waals surface area contributed by atoms with Gasteiger partial charge in [0.15, 0.2) is 23.4 Å². The van der Waals surface area contributed by atoms with E-state index in [1.165, 1.54) is 0 Å². The molecule has 0 radical (unpaired) electrons. The molecule has 1 aliphatic heterocycles. The fourth-order valence-electron chi connectivity index (χ4n) is 9.58. The molecule has 0 bridgehead atoms. The van der Waals surface area contributed by atoms with E-state index < -0.39 is 131 Å². The number of nitrogens with one attached hydrogen (secondary N) is 4. The molecule has 0 aliphatic carbocycles. The fraction of sp³-hybridized carbons (Fsp3) is 0.818. The summed E-state index contributed by atoms with van der Waals surface area (Å²) in [5.41, 5.74) is 17.9. The lowest BCUT2D eigenvalue weighted by atomic mass is 9.81. The van der Waals surface area contributed by atoms with Gasteiger partial charge in [-0.25, -0.2) is 4.79 Å². The first-order valence-electron chi connectivity index (χ1n) is 27.4. The van der Waals surface area contributed by atoms with Crippen molar-refractivity contribution in [3.8, 4) is 0 Å². The predicted octanol–water partition coefficient (Wildman–Crippen LogP) is 3.65. The second kappa shape index (κ2) is 34.3. The lowest BCUT2D eigenvalue weighted by molar-refractivity contribution is -0.158. The Morgan fingerprint density at radius 3 is 1.24 bits per heavy atom. The Hall–Kier alpha value is -4.46. The highest BCUT2D eigenvalue weighted by molar-refractivity contribution is 5.98. The van der Waals surface area contributed by atoms with Gasteiger partial charge in [0, 0.05) is 68.1 Å². The Morgan fingerprint density at radius 1 is 0.473 bits per heavy atom. The molecule has 11 unspecified atom stereocenters. The largest absolute Gasteiger partial charge is 0.460 e. The van der Waals surface area contributed by atoms with Gasteiger partial charge in [0.1, 0.15) is 17.7 Å². The first-order valence-corrected chi connectivity index (χ1v) is 27.4. The maximum atomic E-state index is 14.4. The molecule has 0 aromatic carbocycles. The van der Waals surface area contributed by atoms with Gasteiger partial charge in [-0.15, -0.1) is 0 Å². The molecule has 0 aromatic rings. The lowest BCUT2D eigenvalue weighted by Crippen LogP contribution is -2.50. The number of amides is 4. The smallest absolute Gasteiger partial charge is 0.331 e. The van der Waals surface area contributed by atoms with E-state index in [2.05, 4.69) is 21.3 Å². The van der Waals surface area contributed by atoms with Gasteiger partial charge in [0.05, 0.1) is 24.7 Å². The highest BCUT2D eigenvalue weighted by Crippen LogP contribution is 2.27. The van der Waals surface area contributed by atoms with E-state index >= 15 is 0 Å². The molecule has 1 aliphatic rings. The molecule has 4 amide bonds. The molecule has 1 saturated heterocycles. The molecule has 74 heavy (non-hydrogen) atoms. The zero-order chi connectivity index (χ0) is 56.6. The standard InChI is InChI=1S/C55H97N7O12/c1-13-34(11)47-28-41(64)23-36(15-18-56)51(69)60-48(32(7)8)44(66)25-38(17-20-58)53(71)62-50(35(12)14-2)46(68)26-39(21-30(3)4)43(65)24-37(16-19-57)52(70)61-49(33(9)10)45(67)27-40(22-31(5)6)54(72)59-42(29-63)55(73)74-47/h30-40,42,47-50,63H,13-29,56-58H2,1-12H3,(H,59,72)(H,60,69)(H,61,70)(H,62,71)/t34?,35?,36?,37?,38?,39?,40?,42?,47?,48-,49?,50?/m0/s1. The van der Waals surface area contributed by atoms with Gasteiger partial charge in [-0.2, -0.15) is 0 Å². The Balaban J connectivity index is 4.00. The van der Waals surface area contributed by atoms with Crippen molar-refractivity contribution in [2.24, 2.45) is 82.3 Å². The Kier molecular flexibility index (Phi) is 31.3. The van der Waals surface area contributed by atoms with E-state index in [0.29, 0.717) is 19.3 Å². The minimum Gasteiger partial charge on any atom is -0.460 e. The zero-order valence-electron chi connectivity index (χ0n) is 46.9. The summed E-state index contributed by atoms with van der Waals surface area (Å²) >= 11 is 0. The van der Waals surface area contributed by atoms with Crippen LogP contribution in [-0.2, 0) is 52.7 Å². The van der Waals surface area contributed by atoms with Crippen LogP contribution in [0, 0.1) is 65.1 Å². The number of hydrogen-bond donors (Lipinski definition) is 8. The highest BCUT2D eigenvalue weighted by atomic mass is 16.5. The molecule has 0 aromatic heterocycles. The summed E-state index contributed by atoms with van der Waals surface area (Å²) in [6, 6.07) is -4.77. The third-order valence-corrected chi connectivity index (χ3v) is 14.5. The van der Waals surface area contributed by atoms with Crippen molar-refractivity contribution in [1.82, 2.24) is 21.3 Å². The SMILES string of the molecule is CCC(C)C1CC(=O)CC(CCN)C(=O)N[C@@H](C(C)C)C(=O)CC(CCN)C(=O)NC(C(C)CC)C(=O)CC(CC(C)C)C(=O)CC(CCN)C(=O)NC(C(C)C)C(=O)CC(CC(C)C)C(=O)NC(CO)C(=O)O1. The predicted molar refractivity (Wildman–Crippen MR) is 283 cm³/mol. The van der Waals surface area contributed by atoms with Gasteiger partial charge < -0.3 is 48.3 Å². The van der Waals surface area contributed by atoms with Gasteiger partial charge in [0.25, 0.3) is 0 Å². The van der Waals surface area contributed by atoms with Crippen LogP contribution in [0.5, 0.6) is 0 Å². The second-order valence-corrected chi connectivity index (χ2v) is 22.5. The number of nitrogens with two attached hydrogens (primary N) is 3. The Bertz CT molecular complexity index is 1860. The van der Waals surface area contributed by atoms with Gasteiger partial charge in [-0.1, -0.05) is 95.9 Å². The summed E-state index contributed by atoms with van der Waals surface area (Å²) in [6.07, 6.45) is -1.13. The number of cyclic esters (lactones) is 1. The summed E-state index contributed by atoms with van der Waals surface area (Å²) in [6.45, 7) is 20.9. The van der Waals surface area contributed by atoms with Gasteiger partial charge in [-0.3, -0.25) is 43.2 Å². The third-order valence-electron chi connectivity index (χ3n) is 14.5. The molecule has 19 heteroatoms. The second-order valence-electron chi connectivity index (χ2n) is 22.5. The molecule has 19 nitrogen and oxygen atoms in total. The number of hydrogen-bond acceptors (Lipinski definition) is 15. The summed E-state index contributed by atoms with van der Waals surface area (Å²) in [5, 5.41) is 21.5. The van der Waals surface area contributed by atoms with Crippen LogP contribution in [-0.4, -0.2) is 120 Å². The van der Waals surface area contributed by atoms with Gasteiger partial charge in [-0.05, 0) is 87.2 Å². The minimum absolute atomic E-state index is 0.0273. The van der Waals surface area contributed by atoms with Crippen LogP contribution < -0.4 is 38.5 Å². The number of carbonyl (C=O) groups is 10. The van der Waals surface area contributed by atoms with Crippen molar-refractivity contribution in [2.45, 2.75) is 197 Å². The zero-order valence-corrected chi connectivity index (χ0v) is 46.9. The molecule has 11 N–H and O–H groups in total. The molecule has 0 saturated carbocycles. The van der Waals surface area contributed by atoms with E-state index in [9.17, 15) is 53.1 Å². The molecule has 12 atom stereocenters. The van der Waals surface area contributed by atoms with Crippen LogP contribution in [0.15, 0.2) is 0 Å². The molecule has 1 heterocycles. The molecular weight excluding hydrogens is 951 g/mol. The molecule has 0 spiro atoms. The number of rotatable bonds is 17. The minimum atomic E-state index is -1.57. The third kappa shape index (κ3) is 22.8. The molecule has 1 fully saturated rings. The summed E-state index contributed by atoms with van der Waals surface area (Å²) in [4.78, 5) is 141. The highest BCUT2D eigenvalue weighted by Gasteiger charge is 2.39. The number of aliphatic hydroxyl groups excluding tert-OH is 1. The van der Waals surface area contributed by atoms with Crippen LogP contribution in [0.25, 0.3) is 0 Å². The van der Waals surface area contributed by atoms with Gasteiger partial charge in [0.2, 0.25) is 23.6 Å². The topological polar surface area (TPSA) is 326 Å². The summed E-state index contributed by atoms with van der Waals surface area (Å²) < 4.78 is 5.83. The number of aliphatic hydroxyl groups is 1.